The number of aromatic carboxylic acids is 1. The fourth-order valence-electron chi connectivity index (χ4n) is 1.11. The molecule has 1 aromatic rings. The van der Waals surface area contributed by atoms with Crippen LogP contribution < -0.4 is 4.74 Å². The molecule has 0 bridgehead atoms. The number of hydrogen-bond donors (Lipinski definition) is 1. The number of hydrogen-bond acceptors (Lipinski definition) is 3. The van der Waals surface area contributed by atoms with E-state index in [2.05, 4.69) is 0 Å². The van der Waals surface area contributed by atoms with Crippen LogP contribution in [-0.4, -0.2) is 17.7 Å². The fourth-order valence-corrected chi connectivity index (χ4v) is 2.13. The summed E-state index contributed by atoms with van der Waals surface area (Å²) in [7, 11) is 0. The minimum absolute atomic E-state index is 0.383. The van der Waals surface area contributed by atoms with Crippen molar-refractivity contribution >= 4 is 17.3 Å². The molecule has 1 rings (SSSR count). The Labute approximate surface area is 87.3 Å². The van der Waals surface area contributed by atoms with Gasteiger partial charge in [0.25, 0.3) is 0 Å². The third-order valence-corrected chi connectivity index (χ3v) is 3.33. The molecule has 0 saturated carbocycles. The van der Waals surface area contributed by atoms with Crippen molar-refractivity contribution in [2.24, 2.45) is 0 Å². The fraction of sp³-hybridized carbons (Fsp3) is 0.500. The van der Waals surface area contributed by atoms with Crippen molar-refractivity contribution < 1.29 is 14.6 Å². The summed E-state index contributed by atoms with van der Waals surface area (Å²) in [4.78, 5) is 11.2. The average Bonchev–Trinajstić information content (AvgIpc) is 2.42. The van der Waals surface area contributed by atoms with Gasteiger partial charge >= 0.3 is 5.97 Å². The molecule has 0 aliphatic rings. The van der Waals surface area contributed by atoms with Crippen LogP contribution in [0.3, 0.4) is 0 Å². The Morgan fingerprint density at radius 1 is 1.43 bits per heavy atom. The van der Waals surface area contributed by atoms with Crippen LogP contribution in [0.5, 0.6) is 5.06 Å². The number of carbonyl (C=O) groups is 1. The molecule has 14 heavy (non-hydrogen) atoms. The first-order valence-electron chi connectivity index (χ1n) is 4.54. The van der Waals surface area contributed by atoms with Crippen molar-refractivity contribution in [2.45, 2.75) is 27.2 Å². The Bertz CT molecular complexity index is 341. The van der Waals surface area contributed by atoms with Gasteiger partial charge in [-0.05, 0) is 25.8 Å². The average molecular weight is 214 g/mol. The van der Waals surface area contributed by atoms with Crippen molar-refractivity contribution in [1.82, 2.24) is 0 Å². The summed E-state index contributed by atoms with van der Waals surface area (Å²) in [6.45, 7) is 6.37. The molecule has 0 amide bonds. The van der Waals surface area contributed by atoms with E-state index in [1.807, 2.05) is 20.8 Å². The highest BCUT2D eigenvalue weighted by Crippen LogP contribution is 2.34. The second kappa shape index (κ2) is 4.46. The maximum absolute atomic E-state index is 10.8. The zero-order valence-corrected chi connectivity index (χ0v) is 9.40. The van der Waals surface area contributed by atoms with E-state index in [0.29, 0.717) is 11.5 Å². The minimum atomic E-state index is -0.873. The Morgan fingerprint density at radius 2 is 2.07 bits per heavy atom. The molecule has 1 heterocycles. The van der Waals surface area contributed by atoms with E-state index in [-0.39, 0.29) is 0 Å². The predicted octanol–water partition coefficient (Wildman–Crippen LogP) is 2.85. The summed E-state index contributed by atoms with van der Waals surface area (Å²) in [5.41, 5.74) is 1.76. The van der Waals surface area contributed by atoms with Crippen molar-refractivity contribution in [1.29, 1.82) is 0 Å². The van der Waals surface area contributed by atoms with Gasteiger partial charge in [-0.1, -0.05) is 18.3 Å². The van der Waals surface area contributed by atoms with Gasteiger partial charge in [0.05, 0.1) is 6.61 Å². The second-order valence-corrected chi connectivity index (χ2v) is 4.11. The number of carboxylic acid groups (broad SMARTS) is 1. The van der Waals surface area contributed by atoms with Crippen molar-refractivity contribution in [3.8, 4) is 5.06 Å². The summed E-state index contributed by atoms with van der Waals surface area (Å²) < 4.78 is 5.45. The predicted molar refractivity (Wildman–Crippen MR) is 56.5 cm³/mol. The molecular formula is C10H14O3S. The molecular weight excluding hydrogens is 200 g/mol. The Hall–Kier alpha value is -1.03. The van der Waals surface area contributed by atoms with Crippen LogP contribution in [0.25, 0.3) is 0 Å². The van der Waals surface area contributed by atoms with Crippen molar-refractivity contribution in [3.05, 3.63) is 16.0 Å². The third kappa shape index (κ3) is 2.07. The van der Waals surface area contributed by atoms with Gasteiger partial charge in [-0.2, -0.15) is 0 Å². The molecule has 0 atom stereocenters. The molecule has 78 valence electrons. The normalized spacial score (nSPS) is 10.2. The standard InChI is InChI=1S/C10H14O3S/c1-4-5-13-10-7(3)6(2)8(14-10)9(11)12/h4-5H2,1-3H3,(H,11,12). The molecule has 0 aliphatic carbocycles. The van der Waals surface area contributed by atoms with E-state index < -0.39 is 5.97 Å². The summed E-state index contributed by atoms with van der Waals surface area (Å²) in [5, 5.41) is 9.62. The monoisotopic (exact) mass is 214 g/mol. The number of thiophene rings is 1. The largest absolute Gasteiger partial charge is 0.484 e. The Morgan fingerprint density at radius 3 is 2.50 bits per heavy atom. The first-order valence-corrected chi connectivity index (χ1v) is 5.35. The van der Waals surface area contributed by atoms with Gasteiger partial charge in [0.2, 0.25) is 0 Å². The number of carboxylic acids is 1. The van der Waals surface area contributed by atoms with E-state index in [4.69, 9.17) is 9.84 Å². The maximum atomic E-state index is 10.8. The first-order chi connectivity index (χ1) is 6.57. The van der Waals surface area contributed by atoms with Crippen LogP contribution >= 0.6 is 11.3 Å². The van der Waals surface area contributed by atoms with Crippen LogP contribution in [0.2, 0.25) is 0 Å². The molecule has 0 aliphatic heterocycles. The smallest absolute Gasteiger partial charge is 0.346 e. The Balaban J connectivity index is 2.96. The lowest BCUT2D eigenvalue weighted by Gasteiger charge is -2.01. The van der Waals surface area contributed by atoms with Gasteiger partial charge in [-0.15, -0.1) is 0 Å². The van der Waals surface area contributed by atoms with E-state index >= 15 is 0 Å². The minimum Gasteiger partial charge on any atom is -0.484 e. The Kier molecular flexibility index (Phi) is 3.52. The zero-order valence-electron chi connectivity index (χ0n) is 8.59. The second-order valence-electron chi connectivity index (χ2n) is 3.12. The van der Waals surface area contributed by atoms with Crippen molar-refractivity contribution in [2.75, 3.05) is 6.61 Å². The molecule has 3 nitrogen and oxygen atoms in total. The summed E-state index contributed by atoms with van der Waals surface area (Å²) in [5.74, 6) is -0.873. The number of ether oxygens (including phenoxy) is 1. The molecule has 0 saturated heterocycles. The molecule has 1 N–H and O–H groups in total. The van der Waals surface area contributed by atoms with Gasteiger partial charge in [-0.3, -0.25) is 0 Å². The highest BCUT2D eigenvalue weighted by Gasteiger charge is 2.17. The maximum Gasteiger partial charge on any atom is 0.346 e. The zero-order chi connectivity index (χ0) is 10.7. The van der Waals surface area contributed by atoms with Crippen LogP contribution in [-0.2, 0) is 0 Å². The lowest BCUT2D eigenvalue weighted by Crippen LogP contribution is -1.94. The highest BCUT2D eigenvalue weighted by molar-refractivity contribution is 7.16. The van der Waals surface area contributed by atoms with Crippen LogP contribution in [0.15, 0.2) is 0 Å². The first kappa shape index (κ1) is 11.0. The van der Waals surface area contributed by atoms with Crippen LogP contribution in [0, 0.1) is 13.8 Å². The molecule has 1 aromatic heterocycles. The number of rotatable bonds is 4. The third-order valence-electron chi connectivity index (χ3n) is 2.04. The van der Waals surface area contributed by atoms with E-state index in [9.17, 15) is 4.79 Å². The van der Waals surface area contributed by atoms with E-state index in [1.165, 1.54) is 11.3 Å². The molecule has 0 unspecified atom stereocenters. The highest BCUT2D eigenvalue weighted by atomic mass is 32.1. The summed E-state index contributed by atoms with van der Waals surface area (Å²) in [6, 6.07) is 0. The molecule has 4 heteroatoms. The SMILES string of the molecule is CCCOc1sc(C(=O)O)c(C)c1C. The van der Waals surface area contributed by atoms with Gasteiger partial charge in [0.15, 0.2) is 5.06 Å². The molecule has 0 aromatic carbocycles. The summed E-state index contributed by atoms with van der Waals surface area (Å²) >= 11 is 1.21. The summed E-state index contributed by atoms with van der Waals surface area (Å²) in [6.07, 6.45) is 0.929. The van der Waals surface area contributed by atoms with Crippen LogP contribution in [0.4, 0.5) is 0 Å². The molecule has 0 fully saturated rings. The molecule has 0 radical (unpaired) electrons. The van der Waals surface area contributed by atoms with Crippen molar-refractivity contribution in [3.63, 3.8) is 0 Å². The topological polar surface area (TPSA) is 46.5 Å². The van der Waals surface area contributed by atoms with Gasteiger partial charge in [0.1, 0.15) is 4.88 Å². The van der Waals surface area contributed by atoms with Gasteiger partial charge in [-0.25, -0.2) is 4.79 Å². The quantitative estimate of drug-likeness (QED) is 0.838. The lowest BCUT2D eigenvalue weighted by atomic mass is 10.2. The van der Waals surface area contributed by atoms with E-state index in [1.54, 1.807) is 0 Å². The van der Waals surface area contributed by atoms with Gasteiger partial charge in [0, 0.05) is 5.56 Å². The van der Waals surface area contributed by atoms with Gasteiger partial charge < -0.3 is 9.84 Å². The molecule has 0 spiro atoms. The van der Waals surface area contributed by atoms with Crippen LogP contribution in [0.1, 0.15) is 34.1 Å². The lowest BCUT2D eigenvalue weighted by molar-refractivity contribution is 0.0701. The van der Waals surface area contributed by atoms with E-state index in [0.717, 1.165) is 22.6 Å².